The zero-order chi connectivity index (χ0) is 22.0. The first-order chi connectivity index (χ1) is 14.8. The van der Waals surface area contributed by atoms with Crippen molar-refractivity contribution in [1.82, 2.24) is 9.97 Å². The van der Waals surface area contributed by atoms with Crippen LogP contribution in [0.2, 0.25) is 0 Å². The molecule has 4 rings (SSSR count). The molecule has 2 aromatic heterocycles. The average molecular weight is 447 g/mol. The summed E-state index contributed by atoms with van der Waals surface area (Å²) in [4.78, 5) is 8.17. The van der Waals surface area contributed by atoms with Gasteiger partial charge in [-0.05, 0) is 42.3 Å². The summed E-state index contributed by atoms with van der Waals surface area (Å²) < 4.78 is 56.4. The molecule has 0 bridgehead atoms. The van der Waals surface area contributed by atoms with Gasteiger partial charge in [0.1, 0.15) is 11.6 Å². The number of fused-ring (bicyclic) bond motifs is 1. The first-order valence-corrected chi connectivity index (χ1v) is 11.0. The van der Waals surface area contributed by atoms with Gasteiger partial charge in [0.05, 0.1) is 12.7 Å². The lowest BCUT2D eigenvalue weighted by molar-refractivity contribution is 0.0503. The van der Waals surface area contributed by atoms with Crippen LogP contribution in [0.15, 0.2) is 60.9 Å². The molecule has 2 N–H and O–H groups in total. The van der Waals surface area contributed by atoms with Crippen LogP contribution in [0.5, 0.6) is 5.75 Å². The molecule has 0 saturated heterocycles. The van der Waals surface area contributed by atoms with Crippen LogP contribution < -0.4 is 9.46 Å². The highest BCUT2D eigenvalue weighted by molar-refractivity contribution is 7.93. The molecule has 1 aliphatic rings. The minimum atomic E-state index is -4.87. The van der Waals surface area contributed by atoms with Crippen molar-refractivity contribution in [2.24, 2.45) is 5.92 Å². The maximum atomic E-state index is 12.8. The molecule has 0 spiro atoms. The van der Waals surface area contributed by atoms with E-state index in [1.54, 1.807) is 36.5 Å². The SMILES string of the molecule is O=S(=O)(Nc1ncccc1-c1ccc2c(c1)OCC(Cc1ccccn1)C2O)C(F)F. The Morgan fingerprint density at radius 1 is 1.13 bits per heavy atom. The van der Waals surface area contributed by atoms with Gasteiger partial charge in [-0.25, -0.2) is 13.4 Å². The Hall–Kier alpha value is -3.11. The highest BCUT2D eigenvalue weighted by Gasteiger charge is 2.31. The molecule has 3 aromatic rings. The minimum Gasteiger partial charge on any atom is -0.493 e. The van der Waals surface area contributed by atoms with Crippen LogP contribution in [0, 0.1) is 5.92 Å². The lowest BCUT2D eigenvalue weighted by atomic mass is 9.88. The Labute approximate surface area is 177 Å². The predicted molar refractivity (Wildman–Crippen MR) is 110 cm³/mol. The van der Waals surface area contributed by atoms with Gasteiger partial charge in [0.15, 0.2) is 0 Å². The van der Waals surface area contributed by atoms with Crippen molar-refractivity contribution >= 4 is 15.8 Å². The molecule has 0 saturated carbocycles. The van der Waals surface area contributed by atoms with Gasteiger partial charge in [-0.1, -0.05) is 18.2 Å². The quantitative estimate of drug-likeness (QED) is 0.601. The fourth-order valence-corrected chi connectivity index (χ4v) is 3.99. The Balaban J connectivity index is 1.61. The maximum absolute atomic E-state index is 12.8. The van der Waals surface area contributed by atoms with Gasteiger partial charge >= 0.3 is 5.76 Å². The maximum Gasteiger partial charge on any atom is 0.355 e. The molecule has 7 nitrogen and oxygen atoms in total. The largest absolute Gasteiger partial charge is 0.493 e. The summed E-state index contributed by atoms with van der Waals surface area (Å²) in [7, 11) is -4.87. The Bertz CT molecular complexity index is 1180. The van der Waals surface area contributed by atoms with E-state index < -0.39 is 21.9 Å². The fourth-order valence-electron chi connectivity index (χ4n) is 3.47. The van der Waals surface area contributed by atoms with Gasteiger partial charge in [0.25, 0.3) is 10.0 Å². The summed E-state index contributed by atoms with van der Waals surface area (Å²) in [6, 6.07) is 13.7. The number of alkyl halides is 2. The van der Waals surface area contributed by atoms with E-state index in [9.17, 15) is 22.3 Å². The highest BCUT2D eigenvalue weighted by atomic mass is 32.2. The number of aliphatic hydroxyl groups excluding tert-OH is 1. The molecule has 10 heteroatoms. The number of nitrogens with zero attached hydrogens (tertiary/aromatic N) is 2. The van der Waals surface area contributed by atoms with Crippen molar-refractivity contribution in [3.8, 4) is 16.9 Å². The second-order valence-corrected chi connectivity index (χ2v) is 8.75. The van der Waals surface area contributed by atoms with Crippen molar-refractivity contribution in [2.45, 2.75) is 18.3 Å². The number of aromatic nitrogens is 2. The number of benzene rings is 1. The summed E-state index contributed by atoms with van der Waals surface area (Å²) in [5.41, 5.74) is 2.26. The smallest absolute Gasteiger partial charge is 0.355 e. The van der Waals surface area contributed by atoms with Crippen LogP contribution in [0.1, 0.15) is 17.4 Å². The minimum absolute atomic E-state index is 0.181. The van der Waals surface area contributed by atoms with Crippen LogP contribution in [0.3, 0.4) is 0 Å². The van der Waals surface area contributed by atoms with Gasteiger partial charge in [-0.3, -0.25) is 9.71 Å². The monoisotopic (exact) mass is 447 g/mol. The third-order valence-corrected chi connectivity index (χ3v) is 5.97. The number of hydrogen-bond acceptors (Lipinski definition) is 6. The van der Waals surface area contributed by atoms with Crippen LogP contribution in [0.25, 0.3) is 11.1 Å². The molecule has 0 amide bonds. The average Bonchev–Trinajstić information content (AvgIpc) is 2.76. The second kappa shape index (κ2) is 8.56. The lowest BCUT2D eigenvalue weighted by Gasteiger charge is -2.30. The highest BCUT2D eigenvalue weighted by Crippen LogP contribution is 2.40. The van der Waals surface area contributed by atoms with Crippen LogP contribution in [-0.4, -0.2) is 35.9 Å². The van der Waals surface area contributed by atoms with Gasteiger partial charge in [0.2, 0.25) is 0 Å². The van der Waals surface area contributed by atoms with Gasteiger partial charge < -0.3 is 9.84 Å². The van der Waals surface area contributed by atoms with E-state index >= 15 is 0 Å². The van der Waals surface area contributed by atoms with E-state index in [-0.39, 0.29) is 18.3 Å². The number of ether oxygens (including phenoxy) is 1. The fraction of sp³-hybridized carbons (Fsp3) is 0.238. The van der Waals surface area contributed by atoms with Gasteiger partial charge in [0, 0.05) is 35.1 Å². The van der Waals surface area contributed by atoms with E-state index in [0.29, 0.717) is 28.9 Å². The summed E-state index contributed by atoms with van der Waals surface area (Å²) in [5.74, 6) is -3.54. The van der Waals surface area contributed by atoms with Gasteiger partial charge in [-0.15, -0.1) is 0 Å². The second-order valence-electron chi connectivity index (χ2n) is 7.10. The van der Waals surface area contributed by atoms with E-state index in [0.717, 1.165) is 5.69 Å². The Kier molecular flexibility index (Phi) is 5.84. The summed E-state index contributed by atoms with van der Waals surface area (Å²) >= 11 is 0. The molecule has 0 radical (unpaired) electrons. The zero-order valence-corrected chi connectivity index (χ0v) is 17.0. The van der Waals surface area contributed by atoms with E-state index in [4.69, 9.17) is 4.74 Å². The molecule has 3 heterocycles. The molecule has 1 aromatic carbocycles. The number of sulfonamides is 1. The van der Waals surface area contributed by atoms with Crippen molar-refractivity contribution < 1.29 is 27.0 Å². The van der Waals surface area contributed by atoms with E-state index in [1.165, 1.54) is 6.20 Å². The first kappa shape index (κ1) is 21.1. The first-order valence-electron chi connectivity index (χ1n) is 9.45. The molecular formula is C21H19F2N3O4S. The molecule has 2 unspecified atom stereocenters. The molecule has 1 aliphatic heterocycles. The topological polar surface area (TPSA) is 101 Å². The number of pyridine rings is 2. The van der Waals surface area contributed by atoms with Crippen molar-refractivity contribution in [1.29, 1.82) is 0 Å². The molecular weight excluding hydrogens is 428 g/mol. The third kappa shape index (κ3) is 4.49. The van der Waals surface area contributed by atoms with Crippen molar-refractivity contribution in [3.05, 3.63) is 72.2 Å². The Morgan fingerprint density at radius 3 is 2.68 bits per heavy atom. The molecule has 31 heavy (non-hydrogen) atoms. The molecule has 0 fully saturated rings. The standard InChI is InChI=1S/C21H19F2N3O4S/c22-21(23)31(28,29)26-20-16(5-3-9-25-20)13-6-7-17-18(11-13)30-12-14(19(17)27)10-15-4-1-2-8-24-15/h1-9,11,14,19,21,27H,10,12H2,(H,25,26). The summed E-state index contributed by atoms with van der Waals surface area (Å²) in [6.07, 6.45) is 2.77. The lowest BCUT2D eigenvalue weighted by Crippen LogP contribution is -2.28. The number of anilines is 1. The molecule has 162 valence electrons. The van der Waals surface area contributed by atoms with Crippen LogP contribution in [0.4, 0.5) is 14.6 Å². The van der Waals surface area contributed by atoms with Gasteiger partial charge in [-0.2, -0.15) is 8.78 Å². The van der Waals surface area contributed by atoms with Crippen molar-refractivity contribution in [2.75, 3.05) is 11.3 Å². The summed E-state index contributed by atoms with van der Waals surface area (Å²) in [6.45, 7) is 0.270. The van der Waals surface area contributed by atoms with E-state index in [1.807, 2.05) is 22.9 Å². The third-order valence-electron chi connectivity index (χ3n) is 5.02. The number of halogens is 2. The normalized spacial score (nSPS) is 18.3. The number of aliphatic hydroxyl groups is 1. The van der Waals surface area contributed by atoms with E-state index in [2.05, 4.69) is 9.97 Å². The number of nitrogens with one attached hydrogen (secondary N) is 1. The van der Waals surface area contributed by atoms with Crippen LogP contribution >= 0.6 is 0 Å². The molecule has 0 aliphatic carbocycles. The zero-order valence-electron chi connectivity index (χ0n) is 16.2. The molecule has 2 atom stereocenters. The summed E-state index contributed by atoms with van der Waals surface area (Å²) in [5, 5.41) is 10.8. The van der Waals surface area contributed by atoms with Crippen LogP contribution in [-0.2, 0) is 16.4 Å². The predicted octanol–water partition coefficient (Wildman–Crippen LogP) is 3.39. The van der Waals surface area contributed by atoms with Crippen molar-refractivity contribution in [3.63, 3.8) is 0 Å². The number of hydrogen-bond donors (Lipinski definition) is 2. The number of rotatable bonds is 6. The Morgan fingerprint density at radius 2 is 1.94 bits per heavy atom.